The molecule has 1 aliphatic rings. The Morgan fingerprint density at radius 1 is 1.31 bits per heavy atom. The zero-order valence-electron chi connectivity index (χ0n) is 15.2. The maximum Gasteiger partial charge on any atom is 0.341 e. The fourth-order valence-corrected chi connectivity index (χ4v) is 4.50. The number of carbonyl (C=O) groups is 3. The number of carbonyl (C=O) groups excluding carboxylic acids is 2. The molecule has 3 rings (SSSR count). The first-order chi connectivity index (χ1) is 13.7. The summed E-state index contributed by atoms with van der Waals surface area (Å²) >= 11 is 5.45. The van der Waals surface area contributed by atoms with Crippen LogP contribution in [0.1, 0.15) is 16.7 Å². The summed E-state index contributed by atoms with van der Waals surface area (Å²) in [5.41, 5.74) is 2.45. The van der Waals surface area contributed by atoms with Crippen LogP contribution in [-0.2, 0) is 16.1 Å². The van der Waals surface area contributed by atoms with E-state index in [1.165, 1.54) is 6.08 Å². The predicted octanol–water partition coefficient (Wildman–Crippen LogP) is 3.92. The molecule has 0 unspecified atom stereocenters. The highest BCUT2D eigenvalue weighted by molar-refractivity contribution is 14.1. The van der Waals surface area contributed by atoms with Crippen LogP contribution in [0.3, 0.4) is 0 Å². The number of aliphatic carboxylic acids is 1. The number of halogens is 2. The molecule has 0 aromatic heterocycles. The lowest BCUT2D eigenvalue weighted by molar-refractivity contribution is -0.139. The van der Waals surface area contributed by atoms with E-state index in [1.807, 2.05) is 31.2 Å². The molecule has 0 atom stereocenters. The van der Waals surface area contributed by atoms with Gasteiger partial charge in [-0.05, 0) is 69.2 Å². The van der Waals surface area contributed by atoms with Crippen LogP contribution in [0.2, 0.25) is 0 Å². The van der Waals surface area contributed by atoms with Gasteiger partial charge < -0.3 is 15.2 Å². The standard InChI is InChI=1S/C20H16BrIN2O5/c1-11-3-2-4-12(5-11)9-24-19(27)16(23-20(24)28)7-13-6-14(22)8-15(21)18(13)29-10-17(25)26/h2-8H,9-10H2,1H3,(H,23,28)(H,25,26)/b16-7+. The van der Waals surface area contributed by atoms with Crippen LogP contribution in [0.5, 0.6) is 5.75 Å². The van der Waals surface area contributed by atoms with Gasteiger partial charge in [0.05, 0.1) is 11.0 Å². The summed E-state index contributed by atoms with van der Waals surface area (Å²) in [6.45, 7) is 1.56. The zero-order valence-corrected chi connectivity index (χ0v) is 19.0. The van der Waals surface area contributed by atoms with Crippen molar-refractivity contribution in [3.8, 4) is 5.75 Å². The number of nitrogens with one attached hydrogen (secondary N) is 1. The molecule has 3 amide bonds. The molecule has 7 nitrogen and oxygen atoms in total. The predicted molar refractivity (Wildman–Crippen MR) is 118 cm³/mol. The first-order valence-electron chi connectivity index (χ1n) is 8.48. The summed E-state index contributed by atoms with van der Waals surface area (Å²) in [5, 5.41) is 11.5. The Hall–Kier alpha value is -2.40. The number of hydrogen-bond donors (Lipinski definition) is 2. The number of amides is 3. The lowest BCUT2D eigenvalue weighted by atomic mass is 10.1. The van der Waals surface area contributed by atoms with Gasteiger partial charge in [-0.2, -0.15) is 0 Å². The second-order valence-electron chi connectivity index (χ2n) is 6.36. The Morgan fingerprint density at radius 2 is 2.07 bits per heavy atom. The van der Waals surface area contributed by atoms with E-state index in [9.17, 15) is 14.4 Å². The highest BCUT2D eigenvalue weighted by Gasteiger charge is 2.33. The topological polar surface area (TPSA) is 95.9 Å². The van der Waals surface area contributed by atoms with E-state index in [4.69, 9.17) is 9.84 Å². The van der Waals surface area contributed by atoms with Gasteiger partial charge in [0.15, 0.2) is 6.61 Å². The number of hydrogen-bond acceptors (Lipinski definition) is 4. The summed E-state index contributed by atoms with van der Waals surface area (Å²) in [7, 11) is 0. The van der Waals surface area contributed by atoms with Gasteiger partial charge in [-0.3, -0.25) is 9.69 Å². The number of nitrogens with zero attached hydrogens (tertiary/aromatic N) is 1. The van der Waals surface area contributed by atoms with E-state index in [0.717, 1.165) is 19.6 Å². The summed E-state index contributed by atoms with van der Waals surface area (Å²) in [4.78, 5) is 37.1. The van der Waals surface area contributed by atoms with Crippen molar-refractivity contribution in [2.75, 3.05) is 6.61 Å². The molecule has 2 aromatic rings. The zero-order chi connectivity index (χ0) is 21.1. The quantitative estimate of drug-likeness (QED) is 0.312. The van der Waals surface area contributed by atoms with Gasteiger partial charge in [-0.1, -0.05) is 29.8 Å². The molecule has 9 heteroatoms. The van der Waals surface area contributed by atoms with Crippen molar-refractivity contribution in [3.63, 3.8) is 0 Å². The minimum atomic E-state index is -1.12. The first kappa shape index (κ1) is 21.3. The molecule has 150 valence electrons. The number of urea groups is 1. The van der Waals surface area contributed by atoms with E-state index in [-0.39, 0.29) is 18.0 Å². The Labute approximate surface area is 189 Å². The molecular weight excluding hydrogens is 555 g/mol. The average molecular weight is 571 g/mol. The molecule has 0 bridgehead atoms. The summed E-state index contributed by atoms with van der Waals surface area (Å²) in [6.07, 6.45) is 1.49. The number of carboxylic acids is 1. The maximum absolute atomic E-state index is 12.8. The third-order valence-corrected chi connectivity index (χ3v) is 5.27. The number of rotatable bonds is 6. The lowest BCUT2D eigenvalue weighted by Crippen LogP contribution is -2.30. The van der Waals surface area contributed by atoms with Crippen molar-refractivity contribution in [2.45, 2.75) is 13.5 Å². The Morgan fingerprint density at radius 3 is 2.76 bits per heavy atom. The first-order valence-corrected chi connectivity index (χ1v) is 10.4. The average Bonchev–Trinajstić information content (AvgIpc) is 2.88. The van der Waals surface area contributed by atoms with Crippen molar-refractivity contribution < 1.29 is 24.2 Å². The molecule has 29 heavy (non-hydrogen) atoms. The van der Waals surface area contributed by atoms with E-state index < -0.39 is 24.5 Å². The van der Waals surface area contributed by atoms with Gasteiger partial charge in [-0.15, -0.1) is 0 Å². The fourth-order valence-electron chi connectivity index (χ4n) is 2.84. The molecule has 1 fully saturated rings. The minimum Gasteiger partial charge on any atom is -0.480 e. The third kappa shape index (κ3) is 5.15. The van der Waals surface area contributed by atoms with Crippen molar-refractivity contribution >= 4 is 62.5 Å². The van der Waals surface area contributed by atoms with Gasteiger partial charge in [-0.25, -0.2) is 9.59 Å². The highest BCUT2D eigenvalue weighted by atomic mass is 127. The largest absolute Gasteiger partial charge is 0.480 e. The molecular formula is C20H16BrIN2O5. The second-order valence-corrected chi connectivity index (χ2v) is 8.46. The molecule has 0 saturated carbocycles. The summed E-state index contributed by atoms with van der Waals surface area (Å²) in [5.74, 6) is -1.31. The smallest absolute Gasteiger partial charge is 0.341 e. The Balaban J connectivity index is 1.90. The van der Waals surface area contributed by atoms with E-state index in [2.05, 4.69) is 43.8 Å². The van der Waals surface area contributed by atoms with Crippen LogP contribution in [0, 0.1) is 10.5 Å². The minimum absolute atomic E-state index is 0.0942. The summed E-state index contributed by atoms with van der Waals surface area (Å²) in [6, 6.07) is 10.6. The van der Waals surface area contributed by atoms with Gasteiger partial charge in [0, 0.05) is 9.13 Å². The number of aryl methyl sites for hydroxylation is 1. The van der Waals surface area contributed by atoms with E-state index in [1.54, 1.807) is 12.1 Å². The molecule has 2 aromatic carbocycles. The highest BCUT2D eigenvalue weighted by Crippen LogP contribution is 2.33. The molecule has 2 N–H and O–H groups in total. The van der Waals surface area contributed by atoms with Crippen molar-refractivity contribution in [3.05, 3.63) is 66.8 Å². The number of benzene rings is 2. The number of imide groups is 1. The molecule has 0 aliphatic carbocycles. The molecule has 1 heterocycles. The van der Waals surface area contributed by atoms with Gasteiger partial charge in [0.25, 0.3) is 5.91 Å². The van der Waals surface area contributed by atoms with Gasteiger partial charge >= 0.3 is 12.0 Å². The van der Waals surface area contributed by atoms with Crippen LogP contribution in [0.4, 0.5) is 4.79 Å². The SMILES string of the molecule is Cc1cccc(CN2C(=O)N/C(=C/c3cc(I)cc(Br)c3OCC(=O)O)C2=O)c1. The molecule has 0 spiro atoms. The van der Waals surface area contributed by atoms with Crippen LogP contribution in [0.15, 0.2) is 46.6 Å². The lowest BCUT2D eigenvalue weighted by Gasteiger charge is -2.12. The Bertz CT molecular complexity index is 1040. The van der Waals surface area contributed by atoms with Crippen molar-refractivity contribution in [1.29, 1.82) is 0 Å². The third-order valence-electron chi connectivity index (χ3n) is 4.06. The van der Waals surface area contributed by atoms with Gasteiger partial charge in [0.2, 0.25) is 0 Å². The van der Waals surface area contributed by atoms with Crippen LogP contribution < -0.4 is 10.1 Å². The summed E-state index contributed by atoms with van der Waals surface area (Å²) < 4.78 is 6.75. The van der Waals surface area contributed by atoms with E-state index >= 15 is 0 Å². The van der Waals surface area contributed by atoms with Gasteiger partial charge in [0.1, 0.15) is 11.4 Å². The monoisotopic (exact) mass is 570 g/mol. The number of carboxylic acid groups (broad SMARTS) is 1. The van der Waals surface area contributed by atoms with Crippen LogP contribution in [0.25, 0.3) is 6.08 Å². The number of ether oxygens (including phenoxy) is 1. The van der Waals surface area contributed by atoms with Crippen molar-refractivity contribution in [2.24, 2.45) is 0 Å². The van der Waals surface area contributed by atoms with Crippen LogP contribution >= 0.6 is 38.5 Å². The van der Waals surface area contributed by atoms with E-state index in [0.29, 0.717) is 10.0 Å². The van der Waals surface area contributed by atoms with Crippen molar-refractivity contribution in [1.82, 2.24) is 10.2 Å². The second kappa shape index (κ2) is 8.95. The normalized spacial score (nSPS) is 15.0. The van der Waals surface area contributed by atoms with Crippen LogP contribution in [-0.4, -0.2) is 34.5 Å². The molecule has 0 radical (unpaired) electrons. The Kier molecular flexibility index (Phi) is 6.58. The molecule has 1 aliphatic heterocycles. The fraction of sp³-hybridized carbons (Fsp3) is 0.150. The maximum atomic E-state index is 12.8. The molecule has 1 saturated heterocycles.